The number of amides is 1. The second-order valence-corrected chi connectivity index (χ2v) is 4.61. The molecular weight excluding hydrogens is 164 g/mol. The van der Waals surface area contributed by atoms with Gasteiger partial charge in [0, 0.05) is 38.0 Å². The highest BCUT2D eigenvalue weighted by atomic mass is 16.2. The molecule has 74 valence electrons. The summed E-state index contributed by atoms with van der Waals surface area (Å²) in [4.78, 5) is 13.5. The highest BCUT2D eigenvalue weighted by molar-refractivity contribution is 5.76. The molecule has 0 aromatic carbocycles. The molecule has 3 heteroatoms. The maximum Gasteiger partial charge on any atom is 0.222 e. The van der Waals surface area contributed by atoms with Crippen LogP contribution in [0.1, 0.15) is 20.3 Å². The van der Waals surface area contributed by atoms with Crippen molar-refractivity contribution in [3.8, 4) is 0 Å². The van der Waals surface area contributed by atoms with Gasteiger partial charge in [0.25, 0.3) is 0 Å². The summed E-state index contributed by atoms with van der Waals surface area (Å²) in [6, 6.07) is 0. The van der Waals surface area contributed by atoms with E-state index in [4.69, 9.17) is 0 Å². The smallest absolute Gasteiger partial charge is 0.222 e. The van der Waals surface area contributed by atoms with Crippen LogP contribution in [0.5, 0.6) is 0 Å². The molecule has 13 heavy (non-hydrogen) atoms. The van der Waals surface area contributed by atoms with Gasteiger partial charge in [-0.1, -0.05) is 13.8 Å². The molecule has 0 aliphatic carbocycles. The van der Waals surface area contributed by atoms with E-state index in [0.717, 1.165) is 26.2 Å². The number of hydrogen-bond donors (Lipinski definition) is 1. The molecular formula is C10H18N2O. The van der Waals surface area contributed by atoms with Gasteiger partial charge in [-0.05, 0) is 5.92 Å². The lowest BCUT2D eigenvalue weighted by atomic mass is 9.83. The summed E-state index contributed by atoms with van der Waals surface area (Å²) in [7, 11) is 0. The van der Waals surface area contributed by atoms with Gasteiger partial charge in [0.15, 0.2) is 0 Å². The Balaban J connectivity index is 2.05. The van der Waals surface area contributed by atoms with E-state index in [2.05, 4.69) is 12.2 Å². The van der Waals surface area contributed by atoms with Crippen molar-refractivity contribution in [3.63, 3.8) is 0 Å². The van der Waals surface area contributed by atoms with Gasteiger partial charge in [-0.3, -0.25) is 4.79 Å². The number of carbonyl (C=O) groups is 1. The molecule has 2 unspecified atom stereocenters. The lowest BCUT2D eigenvalue weighted by Gasteiger charge is -2.21. The lowest BCUT2D eigenvalue weighted by molar-refractivity contribution is -0.130. The number of fused-ring (bicyclic) bond motifs is 1. The number of likely N-dealkylation sites (tertiary alicyclic amines) is 1. The van der Waals surface area contributed by atoms with Gasteiger partial charge in [-0.15, -0.1) is 0 Å². The Morgan fingerprint density at radius 1 is 1.69 bits per heavy atom. The number of rotatable bonds is 1. The molecule has 0 bridgehead atoms. The Kier molecular flexibility index (Phi) is 2.06. The summed E-state index contributed by atoms with van der Waals surface area (Å²) >= 11 is 0. The minimum absolute atomic E-state index is 0.315. The van der Waals surface area contributed by atoms with E-state index in [9.17, 15) is 4.79 Å². The fourth-order valence-corrected chi connectivity index (χ4v) is 2.57. The first kappa shape index (κ1) is 9.00. The molecule has 0 aromatic heterocycles. The van der Waals surface area contributed by atoms with Gasteiger partial charge in [0.2, 0.25) is 5.91 Å². The Labute approximate surface area is 79.5 Å². The SMILES string of the molecule is CCC(=O)N1CC2CNCC2(C)C1. The highest BCUT2D eigenvalue weighted by Crippen LogP contribution is 2.38. The minimum Gasteiger partial charge on any atom is -0.342 e. The predicted molar refractivity (Wildman–Crippen MR) is 51.3 cm³/mol. The molecule has 0 spiro atoms. The first-order chi connectivity index (χ1) is 6.15. The summed E-state index contributed by atoms with van der Waals surface area (Å²) < 4.78 is 0. The Morgan fingerprint density at radius 2 is 2.46 bits per heavy atom. The van der Waals surface area contributed by atoms with Gasteiger partial charge in [-0.25, -0.2) is 0 Å². The van der Waals surface area contributed by atoms with E-state index >= 15 is 0 Å². The molecule has 1 N–H and O–H groups in total. The molecule has 1 amide bonds. The first-order valence-electron chi connectivity index (χ1n) is 5.14. The van der Waals surface area contributed by atoms with Crippen LogP contribution in [-0.2, 0) is 4.79 Å². The van der Waals surface area contributed by atoms with E-state index in [1.165, 1.54) is 0 Å². The largest absolute Gasteiger partial charge is 0.342 e. The van der Waals surface area contributed by atoms with Crippen LogP contribution in [0.3, 0.4) is 0 Å². The molecule has 3 nitrogen and oxygen atoms in total. The van der Waals surface area contributed by atoms with Crippen molar-refractivity contribution in [2.24, 2.45) is 11.3 Å². The zero-order valence-corrected chi connectivity index (χ0v) is 8.47. The first-order valence-corrected chi connectivity index (χ1v) is 5.14. The Hall–Kier alpha value is -0.570. The highest BCUT2D eigenvalue weighted by Gasteiger charge is 2.46. The topological polar surface area (TPSA) is 32.3 Å². The van der Waals surface area contributed by atoms with Crippen molar-refractivity contribution >= 4 is 5.91 Å². The van der Waals surface area contributed by atoms with E-state index in [1.54, 1.807) is 0 Å². The second kappa shape index (κ2) is 2.98. The van der Waals surface area contributed by atoms with Crippen molar-refractivity contribution in [2.45, 2.75) is 20.3 Å². The minimum atomic E-state index is 0.315. The van der Waals surface area contributed by atoms with Gasteiger partial charge in [0.05, 0.1) is 0 Å². The molecule has 2 atom stereocenters. The molecule has 0 aromatic rings. The molecule has 0 radical (unpaired) electrons. The normalized spacial score (nSPS) is 38.0. The number of hydrogen-bond acceptors (Lipinski definition) is 2. The van der Waals surface area contributed by atoms with Gasteiger partial charge < -0.3 is 10.2 Å². The van der Waals surface area contributed by atoms with Crippen LogP contribution < -0.4 is 5.32 Å². The van der Waals surface area contributed by atoms with Crippen LogP contribution in [0.2, 0.25) is 0 Å². The van der Waals surface area contributed by atoms with Crippen molar-refractivity contribution in [3.05, 3.63) is 0 Å². The fraction of sp³-hybridized carbons (Fsp3) is 0.900. The third-order valence-corrected chi connectivity index (χ3v) is 3.55. The van der Waals surface area contributed by atoms with Crippen LogP contribution in [0.25, 0.3) is 0 Å². The quantitative estimate of drug-likeness (QED) is 0.639. The molecule has 2 fully saturated rings. The van der Waals surface area contributed by atoms with Gasteiger partial charge in [0.1, 0.15) is 0 Å². The van der Waals surface area contributed by atoms with E-state index < -0.39 is 0 Å². The molecule has 2 aliphatic rings. The Morgan fingerprint density at radius 3 is 3.08 bits per heavy atom. The van der Waals surface area contributed by atoms with Crippen molar-refractivity contribution in [1.29, 1.82) is 0 Å². The average Bonchev–Trinajstić information content (AvgIpc) is 2.57. The van der Waals surface area contributed by atoms with Crippen molar-refractivity contribution < 1.29 is 4.79 Å². The third kappa shape index (κ3) is 1.35. The third-order valence-electron chi connectivity index (χ3n) is 3.55. The second-order valence-electron chi connectivity index (χ2n) is 4.61. The fourth-order valence-electron chi connectivity index (χ4n) is 2.57. The van der Waals surface area contributed by atoms with Crippen molar-refractivity contribution in [1.82, 2.24) is 10.2 Å². The molecule has 2 rings (SSSR count). The van der Waals surface area contributed by atoms with Crippen LogP contribution in [0, 0.1) is 11.3 Å². The maximum absolute atomic E-state index is 11.5. The van der Waals surface area contributed by atoms with Crippen LogP contribution >= 0.6 is 0 Å². The molecule has 2 saturated heterocycles. The summed E-state index contributed by atoms with van der Waals surface area (Å²) in [5, 5.41) is 3.40. The number of nitrogens with zero attached hydrogens (tertiary/aromatic N) is 1. The van der Waals surface area contributed by atoms with E-state index in [1.807, 2.05) is 11.8 Å². The molecule has 0 saturated carbocycles. The van der Waals surface area contributed by atoms with Crippen LogP contribution in [-0.4, -0.2) is 37.0 Å². The number of nitrogens with one attached hydrogen (secondary N) is 1. The molecule has 2 aliphatic heterocycles. The zero-order valence-electron chi connectivity index (χ0n) is 8.47. The number of carbonyl (C=O) groups excluding carboxylic acids is 1. The van der Waals surface area contributed by atoms with Crippen molar-refractivity contribution in [2.75, 3.05) is 26.2 Å². The average molecular weight is 182 g/mol. The summed E-state index contributed by atoms with van der Waals surface area (Å²) in [6.45, 7) is 8.32. The van der Waals surface area contributed by atoms with Gasteiger partial charge in [-0.2, -0.15) is 0 Å². The lowest BCUT2D eigenvalue weighted by Crippen LogP contribution is -2.33. The van der Waals surface area contributed by atoms with Gasteiger partial charge >= 0.3 is 0 Å². The van der Waals surface area contributed by atoms with Crippen LogP contribution in [0.15, 0.2) is 0 Å². The standard InChI is InChI=1S/C10H18N2O/c1-3-9(13)12-5-8-4-11-6-10(8,2)7-12/h8,11H,3-7H2,1-2H3. The Bertz CT molecular complexity index is 229. The summed E-state index contributed by atoms with van der Waals surface area (Å²) in [5.41, 5.74) is 0.352. The molecule has 2 heterocycles. The summed E-state index contributed by atoms with van der Waals surface area (Å²) in [6.07, 6.45) is 0.649. The summed E-state index contributed by atoms with van der Waals surface area (Å²) in [5.74, 6) is 0.999. The van der Waals surface area contributed by atoms with E-state index in [0.29, 0.717) is 23.7 Å². The maximum atomic E-state index is 11.5. The zero-order chi connectivity index (χ0) is 9.47. The predicted octanol–water partition coefficient (Wildman–Crippen LogP) is 0.464. The monoisotopic (exact) mass is 182 g/mol. The van der Waals surface area contributed by atoms with Crippen LogP contribution in [0.4, 0.5) is 0 Å². The van der Waals surface area contributed by atoms with E-state index in [-0.39, 0.29) is 0 Å².